The maximum Gasteiger partial charge on any atom is 0.260 e. The third kappa shape index (κ3) is 5.10. The highest BCUT2D eigenvalue weighted by atomic mass is 35.5. The van der Waals surface area contributed by atoms with Crippen LogP contribution in [-0.2, 0) is 4.79 Å². The van der Waals surface area contributed by atoms with Gasteiger partial charge in [-0.25, -0.2) is 8.78 Å². The van der Waals surface area contributed by atoms with Crippen molar-refractivity contribution in [1.82, 2.24) is 10.6 Å². The average molecular weight is 335 g/mol. The first kappa shape index (κ1) is 18.6. The lowest BCUT2D eigenvalue weighted by atomic mass is 10.0. The van der Waals surface area contributed by atoms with Gasteiger partial charge in [0.15, 0.2) is 17.7 Å². The zero-order valence-corrected chi connectivity index (χ0v) is 13.4. The van der Waals surface area contributed by atoms with E-state index in [0.29, 0.717) is 6.04 Å². The van der Waals surface area contributed by atoms with Crippen LogP contribution in [0.1, 0.15) is 26.7 Å². The maximum atomic E-state index is 13.1. The number of carbonyl (C=O) groups excluding carboxylic acids is 1. The highest BCUT2D eigenvalue weighted by Crippen LogP contribution is 2.17. The molecule has 1 aliphatic rings. The summed E-state index contributed by atoms with van der Waals surface area (Å²) >= 11 is 0. The van der Waals surface area contributed by atoms with Crippen LogP contribution in [0.4, 0.5) is 8.78 Å². The Morgan fingerprint density at radius 2 is 2.14 bits per heavy atom. The van der Waals surface area contributed by atoms with Gasteiger partial charge in [-0.2, -0.15) is 0 Å². The first-order chi connectivity index (χ1) is 9.95. The molecule has 3 atom stereocenters. The normalized spacial score (nSPS) is 22.4. The molecule has 1 saturated heterocycles. The van der Waals surface area contributed by atoms with Gasteiger partial charge in [-0.15, -0.1) is 12.4 Å². The van der Waals surface area contributed by atoms with Crippen molar-refractivity contribution in [3.8, 4) is 5.75 Å². The molecule has 1 aliphatic heterocycles. The van der Waals surface area contributed by atoms with Crippen molar-refractivity contribution in [3.63, 3.8) is 0 Å². The number of piperidine rings is 1. The summed E-state index contributed by atoms with van der Waals surface area (Å²) in [4.78, 5) is 12.0. The van der Waals surface area contributed by atoms with Crippen LogP contribution in [0.3, 0.4) is 0 Å². The van der Waals surface area contributed by atoms with Crippen LogP contribution >= 0.6 is 12.4 Å². The number of benzene rings is 1. The summed E-state index contributed by atoms with van der Waals surface area (Å²) in [6.45, 7) is 4.52. The number of carbonyl (C=O) groups is 1. The van der Waals surface area contributed by atoms with Crippen LogP contribution in [0.5, 0.6) is 5.75 Å². The molecule has 1 heterocycles. The van der Waals surface area contributed by atoms with E-state index in [4.69, 9.17) is 4.74 Å². The van der Waals surface area contributed by atoms with Gasteiger partial charge in [0.2, 0.25) is 0 Å². The van der Waals surface area contributed by atoms with Gasteiger partial charge >= 0.3 is 0 Å². The van der Waals surface area contributed by atoms with Crippen molar-refractivity contribution in [1.29, 1.82) is 0 Å². The highest BCUT2D eigenvalue weighted by Gasteiger charge is 2.23. The Bertz CT molecular complexity index is 516. The van der Waals surface area contributed by atoms with Gasteiger partial charge in [-0.05, 0) is 45.4 Å². The van der Waals surface area contributed by atoms with E-state index >= 15 is 0 Å². The Morgan fingerprint density at radius 1 is 1.41 bits per heavy atom. The number of hydrogen-bond acceptors (Lipinski definition) is 3. The molecular formula is C15H21ClF2N2O2. The third-order valence-electron chi connectivity index (χ3n) is 3.54. The molecule has 7 heteroatoms. The lowest BCUT2D eigenvalue weighted by Crippen LogP contribution is -2.49. The molecule has 1 aromatic rings. The second-order valence-corrected chi connectivity index (χ2v) is 5.42. The smallest absolute Gasteiger partial charge is 0.260 e. The quantitative estimate of drug-likeness (QED) is 0.889. The van der Waals surface area contributed by atoms with E-state index in [0.717, 1.165) is 31.5 Å². The van der Waals surface area contributed by atoms with Gasteiger partial charge < -0.3 is 15.4 Å². The average Bonchev–Trinajstić information content (AvgIpc) is 2.43. The van der Waals surface area contributed by atoms with Crippen LogP contribution < -0.4 is 15.4 Å². The van der Waals surface area contributed by atoms with Crippen LogP contribution in [0.25, 0.3) is 0 Å². The van der Waals surface area contributed by atoms with E-state index in [1.165, 1.54) is 6.07 Å². The van der Waals surface area contributed by atoms with Crippen LogP contribution in [0.2, 0.25) is 0 Å². The van der Waals surface area contributed by atoms with E-state index in [1.807, 2.05) is 0 Å². The summed E-state index contributed by atoms with van der Waals surface area (Å²) in [7, 11) is 0. The Morgan fingerprint density at radius 3 is 2.77 bits per heavy atom. The lowest BCUT2D eigenvalue weighted by Gasteiger charge is -2.29. The van der Waals surface area contributed by atoms with E-state index < -0.39 is 17.7 Å². The first-order valence-electron chi connectivity index (χ1n) is 7.11. The monoisotopic (exact) mass is 334 g/mol. The molecule has 22 heavy (non-hydrogen) atoms. The number of rotatable bonds is 4. The standard InChI is InChI=1S/C15H20F2N2O2.ClH/c1-9-7-11(5-6-18-9)19-15(20)10(2)21-12-3-4-13(16)14(17)8-12;/h3-4,8-11,18H,5-7H2,1-2H3,(H,19,20);1H. The molecular weight excluding hydrogens is 314 g/mol. The highest BCUT2D eigenvalue weighted by molar-refractivity contribution is 5.85. The number of nitrogens with one attached hydrogen (secondary N) is 2. The molecule has 3 unspecified atom stereocenters. The molecule has 0 aromatic heterocycles. The maximum absolute atomic E-state index is 13.1. The lowest BCUT2D eigenvalue weighted by molar-refractivity contribution is -0.128. The van der Waals surface area contributed by atoms with Crippen molar-refractivity contribution < 1.29 is 18.3 Å². The first-order valence-corrected chi connectivity index (χ1v) is 7.11. The van der Waals surface area contributed by atoms with Gasteiger partial charge in [0.1, 0.15) is 5.75 Å². The Labute approximate surface area is 135 Å². The number of ether oxygens (including phenoxy) is 1. The molecule has 2 rings (SSSR count). The molecule has 1 aromatic carbocycles. The SMILES string of the molecule is CC1CC(NC(=O)C(C)Oc2ccc(F)c(F)c2)CCN1.Cl. The fourth-order valence-corrected chi connectivity index (χ4v) is 2.39. The summed E-state index contributed by atoms with van der Waals surface area (Å²) in [5.41, 5.74) is 0. The Hall–Kier alpha value is -1.40. The fraction of sp³-hybridized carbons (Fsp3) is 0.533. The minimum atomic E-state index is -0.993. The molecule has 124 valence electrons. The topological polar surface area (TPSA) is 50.4 Å². The van der Waals surface area contributed by atoms with Crippen molar-refractivity contribution in [2.45, 2.75) is 44.9 Å². The molecule has 0 saturated carbocycles. The van der Waals surface area contributed by atoms with Crippen LogP contribution in [0, 0.1) is 11.6 Å². The van der Waals surface area contributed by atoms with Gasteiger partial charge in [0.05, 0.1) is 0 Å². The molecule has 2 N–H and O–H groups in total. The van der Waals surface area contributed by atoms with Gasteiger partial charge in [-0.3, -0.25) is 4.79 Å². The van der Waals surface area contributed by atoms with Crippen LogP contribution in [-0.4, -0.2) is 30.6 Å². The van der Waals surface area contributed by atoms with E-state index in [9.17, 15) is 13.6 Å². The minimum absolute atomic E-state index is 0. The molecule has 1 fully saturated rings. The molecule has 4 nitrogen and oxygen atoms in total. The van der Waals surface area contributed by atoms with Crippen LogP contribution in [0.15, 0.2) is 18.2 Å². The number of amides is 1. The summed E-state index contributed by atoms with van der Waals surface area (Å²) in [5, 5.41) is 6.23. The number of halogens is 3. The molecule has 0 aliphatic carbocycles. The van der Waals surface area contributed by atoms with Crippen molar-refractivity contribution in [3.05, 3.63) is 29.8 Å². The zero-order valence-electron chi connectivity index (χ0n) is 12.6. The summed E-state index contributed by atoms with van der Waals surface area (Å²) < 4.78 is 31.3. The van der Waals surface area contributed by atoms with Gasteiger partial charge in [0, 0.05) is 18.2 Å². The Balaban J connectivity index is 0.00000242. The largest absolute Gasteiger partial charge is 0.481 e. The minimum Gasteiger partial charge on any atom is -0.481 e. The predicted molar refractivity (Wildman–Crippen MR) is 82.3 cm³/mol. The Kier molecular flexibility index (Phi) is 7.03. The van der Waals surface area contributed by atoms with Gasteiger partial charge in [0.25, 0.3) is 5.91 Å². The molecule has 0 spiro atoms. The van der Waals surface area contributed by atoms with Crippen molar-refractivity contribution >= 4 is 18.3 Å². The molecule has 1 amide bonds. The van der Waals surface area contributed by atoms with E-state index in [1.54, 1.807) is 6.92 Å². The third-order valence-corrected chi connectivity index (χ3v) is 3.54. The zero-order chi connectivity index (χ0) is 15.4. The number of hydrogen-bond donors (Lipinski definition) is 2. The van der Waals surface area contributed by atoms with E-state index in [2.05, 4.69) is 17.6 Å². The van der Waals surface area contributed by atoms with Crippen molar-refractivity contribution in [2.24, 2.45) is 0 Å². The van der Waals surface area contributed by atoms with E-state index in [-0.39, 0.29) is 30.1 Å². The predicted octanol–water partition coefficient (Wildman–Crippen LogP) is 2.41. The molecule has 0 radical (unpaired) electrons. The van der Waals surface area contributed by atoms with Gasteiger partial charge in [-0.1, -0.05) is 0 Å². The summed E-state index contributed by atoms with van der Waals surface area (Å²) in [5.74, 6) is -2.05. The fourth-order valence-electron chi connectivity index (χ4n) is 2.39. The summed E-state index contributed by atoms with van der Waals surface area (Å²) in [6.07, 6.45) is 0.970. The molecule has 0 bridgehead atoms. The summed E-state index contributed by atoms with van der Waals surface area (Å²) in [6, 6.07) is 3.70. The van der Waals surface area contributed by atoms with Crippen molar-refractivity contribution in [2.75, 3.05) is 6.54 Å². The second kappa shape index (κ2) is 8.29. The second-order valence-electron chi connectivity index (χ2n) is 5.42.